The summed E-state index contributed by atoms with van der Waals surface area (Å²) in [5, 5.41) is 13.0. The van der Waals surface area contributed by atoms with Gasteiger partial charge in [0, 0.05) is 24.7 Å². The average Bonchev–Trinajstić information content (AvgIpc) is 3.25. The summed E-state index contributed by atoms with van der Waals surface area (Å²) in [6, 6.07) is 10.1. The van der Waals surface area contributed by atoms with Crippen molar-refractivity contribution in [2.75, 3.05) is 13.1 Å². The van der Waals surface area contributed by atoms with Crippen molar-refractivity contribution in [1.82, 2.24) is 14.5 Å². The number of carbonyl (C=O) groups excluding carboxylic acids is 1. The van der Waals surface area contributed by atoms with Gasteiger partial charge in [-0.3, -0.25) is 4.79 Å². The van der Waals surface area contributed by atoms with E-state index in [0.29, 0.717) is 19.5 Å². The number of piperidine rings is 1. The maximum Gasteiger partial charge on any atom is 0.242 e. The van der Waals surface area contributed by atoms with E-state index in [1.165, 1.54) is 0 Å². The Morgan fingerprint density at radius 1 is 1.40 bits per heavy atom. The van der Waals surface area contributed by atoms with Gasteiger partial charge in [0.1, 0.15) is 12.2 Å². The molecule has 1 aliphatic heterocycles. The van der Waals surface area contributed by atoms with Crippen LogP contribution in [-0.2, 0) is 11.3 Å². The lowest BCUT2D eigenvalue weighted by Crippen LogP contribution is -2.46. The highest BCUT2D eigenvalue weighted by Gasteiger charge is 2.28. The standard InChI is InChI=1S/C19H21N3O2S/c1-13-11-21(8-6-16(13)23)18(24)12-22-15(17-5-3-9-25-17)10-14-4-2-7-20-19(14)22/h2-5,7,9-10,13,16,23H,6,8,11-12H2,1H3/t13-,16-/m0/s1. The summed E-state index contributed by atoms with van der Waals surface area (Å²) in [7, 11) is 0. The second-order valence-electron chi connectivity index (χ2n) is 6.68. The summed E-state index contributed by atoms with van der Waals surface area (Å²) >= 11 is 1.66. The number of fused-ring (bicyclic) bond motifs is 1. The van der Waals surface area contributed by atoms with Crippen LogP contribution in [-0.4, -0.2) is 44.7 Å². The Morgan fingerprint density at radius 2 is 2.28 bits per heavy atom. The molecule has 1 amide bonds. The van der Waals surface area contributed by atoms with Gasteiger partial charge in [-0.25, -0.2) is 4.98 Å². The molecule has 0 aromatic carbocycles. The summed E-state index contributed by atoms with van der Waals surface area (Å²) in [6.07, 6.45) is 2.11. The summed E-state index contributed by atoms with van der Waals surface area (Å²) in [6.45, 7) is 3.50. The average molecular weight is 355 g/mol. The molecule has 130 valence electrons. The summed E-state index contributed by atoms with van der Waals surface area (Å²) in [4.78, 5) is 20.4. The SMILES string of the molecule is C[C@H]1CN(C(=O)Cn2c(-c3cccs3)cc3cccnc32)CC[C@@H]1O. The Hall–Kier alpha value is -2.18. The number of hydrogen-bond donors (Lipinski definition) is 1. The van der Waals surface area contributed by atoms with Crippen molar-refractivity contribution >= 4 is 28.3 Å². The van der Waals surface area contributed by atoms with Gasteiger partial charge in [0.25, 0.3) is 0 Å². The third-order valence-electron chi connectivity index (χ3n) is 4.94. The highest BCUT2D eigenvalue weighted by molar-refractivity contribution is 7.13. The zero-order chi connectivity index (χ0) is 17.4. The Bertz CT molecular complexity index is 887. The van der Waals surface area contributed by atoms with E-state index in [-0.39, 0.29) is 24.5 Å². The number of nitrogens with zero attached hydrogens (tertiary/aromatic N) is 3. The second kappa shape index (κ2) is 6.61. The topological polar surface area (TPSA) is 58.4 Å². The molecule has 0 unspecified atom stereocenters. The van der Waals surface area contributed by atoms with Gasteiger partial charge in [-0.1, -0.05) is 13.0 Å². The van der Waals surface area contributed by atoms with Crippen molar-refractivity contribution in [3.8, 4) is 10.6 Å². The molecular weight excluding hydrogens is 334 g/mol. The van der Waals surface area contributed by atoms with Crippen LogP contribution in [0.5, 0.6) is 0 Å². The minimum absolute atomic E-state index is 0.0831. The number of pyridine rings is 1. The van der Waals surface area contributed by atoms with E-state index in [2.05, 4.69) is 17.1 Å². The fourth-order valence-corrected chi connectivity index (χ4v) is 4.22. The second-order valence-corrected chi connectivity index (χ2v) is 7.63. The molecule has 2 atom stereocenters. The number of amides is 1. The van der Waals surface area contributed by atoms with Crippen LogP contribution < -0.4 is 0 Å². The third-order valence-corrected chi connectivity index (χ3v) is 5.83. The maximum atomic E-state index is 12.9. The van der Waals surface area contributed by atoms with Crippen LogP contribution in [0.15, 0.2) is 41.9 Å². The molecule has 6 heteroatoms. The molecule has 1 N–H and O–H groups in total. The molecule has 0 saturated carbocycles. The molecular formula is C19H21N3O2S. The number of thiophene rings is 1. The number of likely N-dealkylation sites (tertiary alicyclic amines) is 1. The Balaban J connectivity index is 1.66. The van der Waals surface area contributed by atoms with Crippen LogP contribution in [0.4, 0.5) is 0 Å². The quantitative estimate of drug-likeness (QED) is 0.786. The van der Waals surface area contributed by atoms with Gasteiger partial charge >= 0.3 is 0 Å². The molecule has 0 spiro atoms. The van der Waals surface area contributed by atoms with Crippen molar-refractivity contribution in [2.24, 2.45) is 5.92 Å². The highest BCUT2D eigenvalue weighted by Crippen LogP contribution is 2.30. The number of rotatable bonds is 3. The number of hydrogen-bond acceptors (Lipinski definition) is 4. The van der Waals surface area contributed by atoms with Crippen molar-refractivity contribution in [1.29, 1.82) is 0 Å². The zero-order valence-corrected chi connectivity index (χ0v) is 14.9. The lowest BCUT2D eigenvalue weighted by atomic mass is 9.97. The lowest BCUT2D eigenvalue weighted by Gasteiger charge is -2.34. The third kappa shape index (κ3) is 3.07. The monoisotopic (exact) mass is 355 g/mol. The molecule has 0 bridgehead atoms. The molecule has 3 aromatic heterocycles. The number of aliphatic hydroxyl groups excluding tert-OH is 1. The van der Waals surface area contributed by atoms with Crippen molar-refractivity contribution in [3.05, 3.63) is 41.9 Å². The molecule has 5 nitrogen and oxygen atoms in total. The van der Waals surface area contributed by atoms with Crippen LogP contribution in [0.2, 0.25) is 0 Å². The molecule has 1 fully saturated rings. The first-order valence-corrected chi connectivity index (χ1v) is 9.45. The molecule has 4 rings (SSSR count). The minimum Gasteiger partial charge on any atom is -0.393 e. The number of aromatic nitrogens is 2. The summed E-state index contributed by atoms with van der Waals surface area (Å²) < 4.78 is 2.01. The first-order chi connectivity index (χ1) is 12.1. The van der Waals surface area contributed by atoms with E-state index < -0.39 is 0 Å². The fraction of sp³-hybridized carbons (Fsp3) is 0.368. The zero-order valence-electron chi connectivity index (χ0n) is 14.1. The Morgan fingerprint density at radius 3 is 3.04 bits per heavy atom. The van der Waals surface area contributed by atoms with Gasteiger partial charge in [-0.15, -0.1) is 11.3 Å². The van der Waals surface area contributed by atoms with Gasteiger partial charge in [-0.2, -0.15) is 0 Å². The molecule has 25 heavy (non-hydrogen) atoms. The Labute approximate surface area is 150 Å². The molecule has 1 saturated heterocycles. The fourth-order valence-electron chi connectivity index (χ4n) is 3.47. The molecule has 3 aromatic rings. The first-order valence-electron chi connectivity index (χ1n) is 8.57. The summed E-state index contributed by atoms with van der Waals surface area (Å²) in [5.41, 5.74) is 1.87. The van der Waals surface area contributed by atoms with Gasteiger partial charge < -0.3 is 14.6 Å². The molecule has 4 heterocycles. The van der Waals surface area contributed by atoms with Crippen LogP contribution in [0.3, 0.4) is 0 Å². The normalized spacial score (nSPS) is 21.0. The van der Waals surface area contributed by atoms with Crippen LogP contribution in [0, 0.1) is 5.92 Å². The highest BCUT2D eigenvalue weighted by atomic mass is 32.1. The molecule has 1 aliphatic rings. The van der Waals surface area contributed by atoms with Crippen LogP contribution in [0.25, 0.3) is 21.6 Å². The van der Waals surface area contributed by atoms with Crippen molar-refractivity contribution in [2.45, 2.75) is 26.0 Å². The van der Waals surface area contributed by atoms with Crippen molar-refractivity contribution in [3.63, 3.8) is 0 Å². The van der Waals surface area contributed by atoms with Crippen LogP contribution in [0.1, 0.15) is 13.3 Å². The molecule has 0 aliphatic carbocycles. The minimum atomic E-state index is -0.306. The van der Waals surface area contributed by atoms with E-state index in [4.69, 9.17) is 0 Å². The van der Waals surface area contributed by atoms with Crippen molar-refractivity contribution < 1.29 is 9.90 Å². The van der Waals surface area contributed by atoms with Gasteiger partial charge in [-0.05, 0) is 42.0 Å². The smallest absolute Gasteiger partial charge is 0.242 e. The number of aliphatic hydroxyl groups is 1. The predicted molar refractivity (Wildman–Crippen MR) is 99.4 cm³/mol. The van der Waals surface area contributed by atoms with Crippen LogP contribution >= 0.6 is 11.3 Å². The lowest BCUT2D eigenvalue weighted by molar-refractivity contribution is -0.135. The van der Waals surface area contributed by atoms with E-state index in [0.717, 1.165) is 21.6 Å². The van der Waals surface area contributed by atoms with Gasteiger partial charge in [0.05, 0.1) is 16.7 Å². The largest absolute Gasteiger partial charge is 0.393 e. The van der Waals surface area contributed by atoms with Gasteiger partial charge in [0.15, 0.2) is 0 Å². The maximum absolute atomic E-state index is 12.9. The van der Waals surface area contributed by atoms with Gasteiger partial charge in [0.2, 0.25) is 5.91 Å². The van der Waals surface area contributed by atoms with E-state index in [9.17, 15) is 9.90 Å². The van der Waals surface area contributed by atoms with E-state index in [1.807, 2.05) is 40.0 Å². The number of carbonyl (C=O) groups is 1. The van der Waals surface area contributed by atoms with E-state index in [1.54, 1.807) is 17.5 Å². The Kier molecular flexibility index (Phi) is 4.31. The van der Waals surface area contributed by atoms with E-state index >= 15 is 0 Å². The predicted octanol–water partition coefficient (Wildman–Crippen LogP) is 2.99. The first kappa shape index (κ1) is 16.3. The molecule has 0 radical (unpaired) electrons. The summed E-state index contributed by atoms with van der Waals surface area (Å²) in [5.74, 6) is 0.203.